The van der Waals surface area contributed by atoms with Gasteiger partial charge in [-0.15, -0.1) is 11.3 Å². The van der Waals surface area contributed by atoms with E-state index < -0.39 is 6.10 Å². The van der Waals surface area contributed by atoms with Crippen molar-refractivity contribution in [3.63, 3.8) is 0 Å². The summed E-state index contributed by atoms with van der Waals surface area (Å²) in [5.41, 5.74) is 0.972. The molecule has 3 heterocycles. The molecule has 0 amide bonds. The van der Waals surface area contributed by atoms with Crippen molar-refractivity contribution in [3.8, 4) is 0 Å². The summed E-state index contributed by atoms with van der Waals surface area (Å²) in [7, 11) is 0. The fourth-order valence-electron chi connectivity index (χ4n) is 3.04. The van der Waals surface area contributed by atoms with E-state index in [1.165, 1.54) is 11.3 Å². The molecular formula is C18H26ClN5O2S. The number of aliphatic hydroxyl groups is 1. The third kappa shape index (κ3) is 5.68. The summed E-state index contributed by atoms with van der Waals surface area (Å²) in [6.45, 7) is 9.48. The van der Waals surface area contributed by atoms with Gasteiger partial charge in [-0.3, -0.25) is 9.89 Å². The Morgan fingerprint density at radius 2 is 2.19 bits per heavy atom. The average Bonchev–Trinajstić information content (AvgIpc) is 3.27. The van der Waals surface area contributed by atoms with Crippen molar-refractivity contribution in [3.05, 3.63) is 38.9 Å². The lowest BCUT2D eigenvalue weighted by molar-refractivity contribution is 0.166. The molecule has 3 rings (SSSR count). The maximum absolute atomic E-state index is 10.3. The molecule has 2 aromatic rings. The van der Waals surface area contributed by atoms with Crippen molar-refractivity contribution in [2.45, 2.75) is 26.5 Å². The Morgan fingerprint density at radius 1 is 1.41 bits per heavy atom. The molecule has 7 nitrogen and oxygen atoms in total. The highest BCUT2D eigenvalue weighted by atomic mass is 35.5. The second-order valence-electron chi connectivity index (χ2n) is 6.54. The van der Waals surface area contributed by atoms with E-state index in [-0.39, 0.29) is 0 Å². The van der Waals surface area contributed by atoms with E-state index >= 15 is 0 Å². The molecule has 0 aliphatic carbocycles. The molecule has 1 unspecified atom stereocenters. The quantitative estimate of drug-likeness (QED) is 0.561. The zero-order chi connectivity index (χ0) is 19.2. The van der Waals surface area contributed by atoms with Crippen LogP contribution in [0.1, 0.15) is 29.4 Å². The van der Waals surface area contributed by atoms with Gasteiger partial charge in [-0.25, -0.2) is 0 Å². The Morgan fingerprint density at radius 3 is 2.78 bits per heavy atom. The van der Waals surface area contributed by atoms with Crippen molar-refractivity contribution in [1.29, 1.82) is 0 Å². The number of aromatic nitrogens is 1. The van der Waals surface area contributed by atoms with Gasteiger partial charge in [-0.2, -0.15) is 0 Å². The van der Waals surface area contributed by atoms with Crippen LogP contribution in [0.5, 0.6) is 0 Å². The lowest BCUT2D eigenvalue weighted by atomic mass is 10.3. The number of aryl methyl sites for hydroxylation is 1. The summed E-state index contributed by atoms with van der Waals surface area (Å²) in [4.78, 5) is 10.1. The average molecular weight is 412 g/mol. The number of aliphatic hydroxyl groups excluding tert-OH is 1. The van der Waals surface area contributed by atoms with E-state index in [0.29, 0.717) is 10.9 Å². The minimum Gasteiger partial charge on any atom is -0.386 e. The second-order valence-corrected chi connectivity index (χ2v) is 8.29. The Kier molecular flexibility index (Phi) is 7.12. The molecule has 0 saturated carbocycles. The van der Waals surface area contributed by atoms with Crippen molar-refractivity contribution in [2.24, 2.45) is 4.99 Å². The first kappa shape index (κ1) is 20.1. The van der Waals surface area contributed by atoms with Crippen LogP contribution < -0.4 is 5.32 Å². The second kappa shape index (κ2) is 9.54. The van der Waals surface area contributed by atoms with Crippen LogP contribution in [-0.4, -0.2) is 65.3 Å². The summed E-state index contributed by atoms with van der Waals surface area (Å²) in [5, 5.41) is 17.7. The number of aliphatic imine (C=N–C) groups is 1. The van der Waals surface area contributed by atoms with Crippen LogP contribution in [0.3, 0.4) is 0 Å². The van der Waals surface area contributed by atoms with Gasteiger partial charge in [0.15, 0.2) is 5.96 Å². The largest absolute Gasteiger partial charge is 0.386 e. The van der Waals surface area contributed by atoms with Crippen LogP contribution in [-0.2, 0) is 6.54 Å². The predicted molar refractivity (Wildman–Crippen MR) is 108 cm³/mol. The molecule has 2 N–H and O–H groups in total. The maximum atomic E-state index is 10.3. The molecule has 0 bridgehead atoms. The number of hydrogen-bond acceptors (Lipinski definition) is 6. The van der Waals surface area contributed by atoms with Crippen LogP contribution in [0.4, 0.5) is 0 Å². The molecule has 0 aromatic carbocycles. The fraction of sp³-hybridized carbons (Fsp3) is 0.556. The first-order chi connectivity index (χ1) is 13.0. The number of thiophene rings is 1. The fourth-order valence-corrected chi connectivity index (χ4v) is 4.07. The third-order valence-corrected chi connectivity index (χ3v) is 5.74. The van der Waals surface area contributed by atoms with Crippen molar-refractivity contribution >= 4 is 28.9 Å². The molecular weight excluding hydrogens is 386 g/mol. The van der Waals surface area contributed by atoms with Crippen LogP contribution in [0.15, 0.2) is 27.7 Å². The van der Waals surface area contributed by atoms with Gasteiger partial charge in [-0.05, 0) is 26.0 Å². The van der Waals surface area contributed by atoms with Crippen LogP contribution in [0.25, 0.3) is 0 Å². The molecule has 2 aromatic heterocycles. The SMILES string of the molecule is CCNC(=NCC(O)c1ccc(Cl)s1)N1CCN(Cc2cc(C)on2)CC1. The molecule has 1 atom stereocenters. The summed E-state index contributed by atoms with van der Waals surface area (Å²) in [6.07, 6.45) is -0.632. The van der Waals surface area contributed by atoms with Gasteiger partial charge in [-0.1, -0.05) is 16.8 Å². The van der Waals surface area contributed by atoms with Gasteiger partial charge >= 0.3 is 0 Å². The number of nitrogens with one attached hydrogen (secondary N) is 1. The maximum Gasteiger partial charge on any atom is 0.194 e. The zero-order valence-corrected chi connectivity index (χ0v) is 17.3. The number of piperazine rings is 1. The normalized spacial score (nSPS) is 17.3. The van der Waals surface area contributed by atoms with Crippen molar-refractivity contribution in [1.82, 2.24) is 20.3 Å². The molecule has 0 radical (unpaired) electrons. The smallest absolute Gasteiger partial charge is 0.194 e. The number of guanidine groups is 1. The summed E-state index contributed by atoms with van der Waals surface area (Å²) in [5.74, 6) is 1.69. The van der Waals surface area contributed by atoms with E-state index in [4.69, 9.17) is 16.1 Å². The highest BCUT2D eigenvalue weighted by Gasteiger charge is 2.21. The topological polar surface area (TPSA) is 77.1 Å². The number of nitrogens with zero attached hydrogens (tertiary/aromatic N) is 4. The summed E-state index contributed by atoms with van der Waals surface area (Å²) < 4.78 is 5.82. The van der Waals surface area contributed by atoms with Gasteiger partial charge < -0.3 is 19.8 Å². The highest BCUT2D eigenvalue weighted by Crippen LogP contribution is 2.27. The Balaban J connectivity index is 1.54. The molecule has 0 spiro atoms. The molecule has 1 fully saturated rings. The Labute approximate surface area is 168 Å². The third-order valence-electron chi connectivity index (χ3n) is 4.41. The first-order valence-corrected chi connectivity index (χ1v) is 10.4. The van der Waals surface area contributed by atoms with E-state index in [1.54, 1.807) is 6.07 Å². The number of hydrogen-bond donors (Lipinski definition) is 2. The van der Waals surface area contributed by atoms with Gasteiger partial charge in [0.25, 0.3) is 0 Å². The van der Waals surface area contributed by atoms with Gasteiger partial charge in [0.1, 0.15) is 11.9 Å². The number of halogens is 1. The van der Waals surface area contributed by atoms with Crippen LogP contribution in [0.2, 0.25) is 4.34 Å². The monoisotopic (exact) mass is 411 g/mol. The van der Waals surface area contributed by atoms with Crippen molar-refractivity contribution < 1.29 is 9.63 Å². The van der Waals surface area contributed by atoms with Crippen LogP contribution in [0, 0.1) is 6.92 Å². The molecule has 1 aliphatic rings. The van der Waals surface area contributed by atoms with Crippen molar-refractivity contribution in [2.75, 3.05) is 39.3 Å². The standard InChI is InChI=1S/C18H26ClN5O2S/c1-3-20-18(21-11-15(25)16-4-5-17(19)27-16)24-8-6-23(7-9-24)12-14-10-13(2)26-22-14/h4-5,10,15,25H,3,6-9,11-12H2,1-2H3,(H,20,21). The molecule has 148 valence electrons. The number of rotatable bonds is 6. The molecule has 1 saturated heterocycles. The van der Waals surface area contributed by atoms with E-state index in [1.807, 2.05) is 26.0 Å². The molecule has 9 heteroatoms. The minimum absolute atomic E-state index is 0.317. The van der Waals surface area contributed by atoms with Gasteiger partial charge in [0.05, 0.1) is 16.6 Å². The van der Waals surface area contributed by atoms with E-state index in [9.17, 15) is 5.11 Å². The molecule has 1 aliphatic heterocycles. The molecule has 27 heavy (non-hydrogen) atoms. The minimum atomic E-state index is -0.632. The summed E-state index contributed by atoms with van der Waals surface area (Å²) in [6, 6.07) is 5.63. The Hall–Kier alpha value is -1.61. The van der Waals surface area contributed by atoms with E-state index in [0.717, 1.165) is 61.6 Å². The Bertz CT molecular complexity index is 755. The predicted octanol–water partition coefficient (Wildman–Crippen LogP) is 2.51. The highest BCUT2D eigenvalue weighted by molar-refractivity contribution is 7.16. The van der Waals surface area contributed by atoms with Crippen LogP contribution >= 0.6 is 22.9 Å². The lowest BCUT2D eigenvalue weighted by Gasteiger charge is -2.36. The summed E-state index contributed by atoms with van der Waals surface area (Å²) >= 11 is 7.34. The lowest BCUT2D eigenvalue weighted by Crippen LogP contribution is -2.52. The zero-order valence-electron chi connectivity index (χ0n) is 15.7. The first-order valence-electron chi connectivity index (χ1n) is 9.16. The van der Waals surface area contributed by atoms with E-state index in [2.05, 4.69) is 25.3 Å². The van der Waals surface area contributed by atoms with Gasteiger partial charge in [0.2, 0.25) is 0 Å². The van der Waals surface area contributed by atoms with Gasteiger partial charge in [0, 0.05) is 50.2 Å².